The smallest absolute Gasteiger partial charge is 0.394 e. The lowest BCUT2D eigenvalue weighted by Crippen LogP contribution is -2.64. The third-order valence-electron chi connectivity index (χ3n) is 21.0. The van der Waals surface area contributed by atoms with E-state index in [1.807, 2.05) is 0 Å². The predicted molar refractivity (Wildman–Crippen MR) is 447 cm³/mol. The summed E-state index contributed by atoms with van der Waals surface area (Å²) in [5, 5.41) is 119. The van der Waals surface area contributed by atoms with E-state index in [0.29, 0.717) is 96.4 Å². The first kappa shape index (κ1) is 112. The molecule has 0 aliphatic carbocycles. The Morgan fingerprint density at radius 3 is 1.02 bits per heavy atom. The summed E-state index contributed by atoms with van der Waals surface area (Å²) in [4.78, 5) is 152. The van der Waals surface area contributed by atoms with Crippen LogP contribution < -0.4 is 53.2 Å². The summed E-state index contributed by atoms with van der Waals surface area (Å²) in [6.07, 6.45) is -4.74. The number of aliphatic hydroxyl groups excluding tert-OH is 9. The molecule has 17 atom stereocenters. The van der Waals surface area contributed by atoms with Crippen LogP contribution in [-0.2, 0) is 109 Å². The van der Waals surface area contributed by atoms with E-state index in [1.54, 1.807) is 18.7 Å². The average molecular weight is 1830 g/mol. The number of likely N-dealkylation sites (tertiary alicyclic amines) is 1. The van der Waals surface area contributed by atoms with Crippen molar-refractivity contribution in [3.63, 3.8) is 0 Å². The van der Waals surface area contributed by atoms with Gasteiger partial charge in [-0.2, -0.15) is 0 Å². The molecule has 11 unspecified atom stereocenters. The summed E-state index contributed by atoms with van der Waals surface area (Å²) >= 11 is 0. The maximum absolute atomic E-state index is 14.1. The van der Waals surface area contributed by atoms with E-state index in [2.05, 4.69) is 53.2 Å². The molecule has 0 aromatic heterocycles. The highest BCUT2D eigenvalue weighted by Gasteiger charge is 2.48. The number of carbonyl (C=O) groups excluding carboxylic acids is 11. The van der Waals surface area contributed by atoms with Gasteiger partial charge in [0.1, 0.15) is 78.6 Å². The number of nitrogens with zero attached hydrogens (tertiary/aromatic N) is 1. The second-order valence-electron chi connectivity index (χ2n) is 32.3. The minimum atomic E-state index is -4.25. The zero-order valence-electron chi connectivity index (χ0n) is 73.8. The SMILES string of the molecule is CC(=O)NC1C(O)[C@@H](O)C(CO)O[C@H]1OCCCCC(=O)NCCCNC(=O)CCOCC(COCCC(=O)NCCCNC(=O)CCCCO[C@@H]1OC(CO)[C@H](O)C(O)C1NC(C)=O)(COCCC(=O)NCCCNC(=O)CCCCO[C@@H]1OC(CO)[C@H](O)C(O)C1NC(C)=O)NC(=O)CCCCCCCCCCC(=O)N1CCCC1COP(=O)(O)OC(C)C. The summed E-state index contributed by atoms with van der Waals surface area (Å²) in [6, 6.07) is -3.62. The van der Waals surface area contributed by atoms with Gasteiger partial charge in [-0.05, 0) is 97.3 Å². The Hall–Kier alpha value is -6.44. The van der Waals surface area contributed by atoms with Crippen molar-refractivity contribution >= 4 is 72.8 Å². The van der Waals surface area contributed by atoms with Crippen molar-refractivity contribution in [2.24, 2.45) is 0 Å². The second-order valence-corrected chi connectivity index (χ2v) is 33.7. The summed E-state index contributed by atoms with van der Waals surface area (Å²) < 4.78 is 74.8. The molecule has 20 N–H and O–H groups in total. The maximum atomic E-state index is 14.1. The van der Waals surface area contributed by atoms with Crippen molar-refractivity contribution in [3.05, 3.63) is 0 Å². The Kier molecular flexibility index (Phi) is 56.4. The van der Waals surface area contributed by atoms with E-state index in [1.165, 1.54) is 20.8 Å². The Balaban J connectivity index is 1.31. The van der Waals surface area contributed by atoms with Crippen LogP contribution >= 0.6 is 7.82 Å². The average Bonchev–Trinajstić information content (AvgIpc) is 1.27. The summed E-state index contributed by atoms with van der Waals surface area (Å²) in [5.41, 5.74) is -1.45. The highest BCUT2D eigenvalue weighted by molar-refractivity contribution is 7.47. The van der Waals surface area contributed by atoms with Gasteiger partial charge in [0.15, 0.2) is 18.9 Å². The first-order chi connectivity index (χ1) is 60.2. The van der Waals surface area contributed by atoms with Crippen LogP contribution in [0.5, 0.6) is 0 Å². The number of phosphoric acid groups is 1. The van der Waals surface area contributed by atoms with Crippen molar-refractivity contribution in [2.45, 2.75) is 318 Å². The van der Waals surface area contributed by atoms with E-state index >= 15 is 0 Å². The van der Waals surface area contributed by atoms with E-state index in [0.717, 1.165) is 38.5 Å². The monoisotopic (exact) mass is 1830 g/mol. The van der Waals surface area contributed by atoms with Crippen LogP contribution in [0.1, 0.15) is 208 Å². The van der Waals surface area contributed by atoms with E-state index in [-0.39, 0.29) is 204 Å². The van der Waals surface area contributed by atoms with Crippen LogP contribution in [0.4, 0.5) is 0 Å². The van der Waals surface area contributed by atoms with Crippen molar-refractivity contribution in [3.8, 4) is 0 Å². The molecule has 0 saturated carbocycles. The summed E-state index contributed by atoms with van der Waals surface area (Å²) in [6.45, 7) is 5.84. The Labute approximate surface area is 737 Å². The molecule has 4 saturated heterocycles. The summed E-state index contributed by atoms with van der Waals surface area (Å²) in [7, 11) is -4.25. The van der Waals surface area contributed by atoms with E-state index < -0.39 is 149 Å². The molecular formula is C81H146N11O33P. The lowest BCUT2D eigenvalue weighted by molar-refractivity contribution is -0.270. The molecule has 4 fully saturated rings. The molecule has 4 heterocycles. The number of ether oxygens (including phenoxy) is 9. The zero-order chi connectivity index (χ0) is 92.8. The van der Waals surface area contributed by atoms with E-state index in [9.17, 15) is 108 Å². The fourth-order valence-electron chi connectivity index (χ4n) is 14.2. The van der Waals surface area contributed by atoms with Crippen LogP contribution in [0.3, 0.4) is 0 Å². The Bertz CT molecular complexity index is 2990. The van der Waals surface area contributed by atoms with Gasteiger partial charge in [0.2, 0.25) is 65.0 Å². The zero-order valence-corrected chi connectivity index (χ0v) is 74.7. The number of phosphoric ester groups is 1. The number of hydrogen-bond acceptors (Lipinski definition) is 32. The number of rotatable bonds is 68. The van der Waals surface area contributed by atoms with Gasteiger partial charge in [-0.15, -0.1) is 0 Å². The van der Waals surface area contributed by atoms with Crippen molar-refractivity contribution in [2.75, 3.05) is 132 Å². The van der Waals surface area contributed by atoms with E-state index in [4.69, 9.17) is 51.7 Å². The molecule has 44 nitrogen and oxygen atoms in total. The van der Waals surface area contributed by atoms with Crippen LogP contribution in [0.25, 0.3) is 0 Å². The normalized spacial score (nSPS) is 24.6. The van der Waals surface area contributed by atoms with Gasteiger partial charge in [-0.25, -0.2) is 4.57 Å². The molecule has 0 spiro atoms. The molecule has 0 aromatic carbocycles. The fourth-order valence-corrected chi connectivity index (χ4v) is 15.2. The largest absolute Gasteiger partial charge is 0.472 e. The van der Waals surface area contributed by atoms with Crippen molar-refractivity contribution in [1.82, 2.24) is 58.1 Å². The van der Waals surface area contributed by atoms with Crippen LogP contribution in [0, 0.1) is 0 Å². The van der Waals surface area contributed by atoms with Gasteiger partial charge < -0.3 is 152 Å². The lowest BCUT2D eigenvalue weighted by Gasteiger charge is -2.42. The number of carbonyl (C=O) groups is 11. The first-order valence-electron chi connectivity index (χ1n) is 44.4. The molecule has 0 bridgehead atoms. The lowest BCUT2D eigenvalue weighted by atomic mass is 9.97. The molecule has 11 amide bonds. The molecule has 728 valence electrons. The molecular weight excluding hydrogens is 1690 g/mol. The van der Waals surface area contributed by atoms with Gasteiger partial charge in [0, 0.05) is 138 Å². The highest BCUT2D eigenvalue weighted by Crippen LogP contribution is 2.45. The molecule has 4 aliphatic heterocycles. The highest BCUT2D eigenvalue weighted by atomic mass is 31.2. The Morgan fingerprint density at radius 1 is 0.405 bits per heavy atom. The molecule has 4 aliphatic rings. The molecule has 4 rings (SSSR count). The quantitative estimate of drug-likeness (QED) is 0.0210. The topological polar surface area (TPSA) is 632 Å². The van der Waals surface area contributed by atoms with Crippen LogP contribution in [0.15, 0.2) is 0 Å². The number of unbranched alkanes of at least 4 members (excludes halogenated alkanes) is 10. The van der Waals surface area contributed by atoms with Crippen molar-refractivity contribution < 1.29 is 160 Å². The first-order valence-corrected chi connectivity index (χ1v) is 45.9. The second kappa shape index (κ2) is 63.6. The van der Waals surface area contributed by atoms with Gasteiger partial charge in [0.25, 0.3) is 0 Å². The molecule has 0 aromatic rings. The maximum Gasteiger partial charge on any atom is 0.472 e. The van der Waals surface area contributed by atoms with Crippen LogP contribution in [0.2, 0.25) is 0 Å². The minimum Gasteiger partial charge on any atom is -0.394 e. The molecule has 126 heavy (non-hydrogen) atoms. The van der Waals surface area contributed by atoms with Crippen molar-refractivity contribution in [1.29, 1.82) is 0 Å². The Morgan fingerprint density at radius 2 is 0.706 bits per heavy atom. The van der Waals surface area contributed by atoms with Gasteiger partial charge in [-0.3, -0.25) is 61.8 Å². The van der Waals surface area contributed by atoms with Crippen LogP contribution in [-0.4, -0.2) is 362 Å². The van der Waals surface area contributed by atoms with Gasteiger partial charge >= 0.3 is 7.82 Å². The molecule has 0 radical (unpaired) electrons. The third-order valence-corrected chi connectivity index (χ3v) is 22.1. The number of amides is 11. The fraction of sp³-hybridized carbons (Fsp3) is 0.864. The number of nitrogens with one attached hydrogen (secondary N) is 10. The van der Waals surface area contributed by atoms with Gasteiger partial charge in [0.05, 0.1) is 78.2 Å². The standard InChI is InChI=1S/C81H146N11O33P/c1-53(2)125-126(113,114)121-49-57-24-20-39-92(57)68(106)29-13-11-9-7-6-8-10-12-28-67(105)91-81(50-115-43-30-64(102)85-36-21-33-82-61(99)25-14-17-40-118-78-69(88-54(3)96)75(110)72(107)58(46-93)122-78,51-116-44-31-65(103)86-37-22-34-83-62(100)26-15-18-41-119-79-70(89-55(4)97)76(111)73(108)59(47-94)123-79)52-117-45-32-66(104)87-38-23-35-84-63(101)27-16-19-42-120-80-71(90-56(5)98)77(112)74(109)60(48-95)124-80/h53,57-60,69-80,93-95,107-112H,6-52H2,1-5H3,(H,82,99)(H,83,100)(H,84,101)(H,85,102)(H,86,103)(H,87,104)(H,88,96)(H,89,97)(H,90,98)(H,91,105)(H,113,114)/t57?,58?,59?,60?,69?,70?,71?,72-,73-,74-,75?,76?,77?,78+,79+,80+,81?/m0/s1. The third kappa shape index (κ3) is 45.9. The van der Waals surface area contributed by atoms with Gasteiger partial charge in [-0.1, -0.05) is 38.5 Å². The minimum absolute atomic E-state index is 0.0311. The number of aliphatic hydroxyl groups is 9. The predicted octanol–water partition coefficient (Wildman–Crippen LogP) is -3.25. The molecule has 45 heteroatoms. The summed E-state index contributed by atoms with van der Waals surface area (Å²) in [5.74, 6) is -3.85. The number of hydrogen-bond donors (Lipinski definition) is 20.